The predicted octanol–water partition coefficient (Wildman–Crippen LogP) is 5.25. The van der Waals surface area contributed by atoms with Gasteiger partial charge < -0.3 is 4.84 Å². The van der Waals surface area contributed by atoms with Gasteiger partial charge in [0, 0.05) is 22.0 Å². The Kier molecular flexibility index (Phi) is 7.36. The van der Waals surface area contributed by atoms with Crippen molar-refractivity contribution in [3.63, 3.8) is 0 Å². The van der Waals surface area contributed by atoms with E-state index in [4.69, 9.17) is 9.82 Å². The Hall–Kier alpha value is -2.73. The van der Waals surface area contributed by atoms with Gasteiger partial charge in [0.05, 0.1) is 17.1 Å². The number of oxime groups is 1. The highest BCUT2D eigenvalue weighted by molar-refractivity contribution is 7.98. The Morgan fingerprint density at radius 3 is 2.59 bits per heavy atom. The van der Waals surface area contributed by atoms with Gasteiger partial charge in [-0.2, -0.15) is 0 Å². The highest BCUT2D eigenvalue weighted by Gasteiger charge is 2.06. The van der Waals surface area contributed by atoms with Crippen LogP contribution in [0.5, 0.6) is 0 Å². The lowest BCUT2D eigenvalue weighted by atomic mass is 10.2. The summed E-state index contributed by atoms with van der Waals surface area (Å²) in [5, 5.41) is 4.18. The second-order valence-electron chi connectivity index (χ2n) is 6.83. The van der Waals surface area contributed by atoms with Gasteiger partial charge in [-0.25, -0.2) is 0 Å². The molecule has 0 unspecified atom stereocenters. The van der Waals surface area contributed by atoms with E-state index in [0.29, 0.717) is 6.61 Å². The van der Waals surface area contributed by atoms with Crippen molar-refractivity contribution >= 4 is 17.5 Å². The van der Waals surface area contributed by atoms with E-state index in [-0.39, 0.29) is 0 Å². The van der Waals surface area contributed by atoms with E-state index in [9.17, 15) is 0 Å². The molecule has 0 amide bonds. The lowest BCUT2D eigenvalue weighted by Crippen LogP contribution is -2.02. The first kappa shape index (κ1) is 21.0. The smallest absolute Gasteiger partial charge is 0.117 e. The standard InChI is InChI=1S/C23H26N4OS/c1-16-8-5-11-21(24-16)18(3)27-28-13-7-10-19-9-6-12-22(26-19)23-15-20(29-4)14-17(2)25-23/h5-6,8-9,11-12,14-15H,7,10,13H2,1-4H3/b27-18+. The topological polar surface area (TPSA) is 60.3 Å². The molecule has 150 valence electrons. The van der Waals surface area contributed by atoms with Gasteiger partial charge in [0.25, 0.3) is 0 Å². The summed E-state index contributed by atoms with van der Waals surface area (Å²) in [5.41, 5.74) is 6.44. The highest BCUT2D eigenvalue weighted by atomic mass is 32.2. The summed E-state index contributed by atoms with van der Waals surface area (Å²) >= 11 is 1.72. The SMILES string of the molecule is CSc1cc(C)nc(-c2cccc(CCCO/N=C(\C)c3cccc(C)n3)n2)c1. The van der Waals surface area contributed by atoms with Crippen LogP contribution in [0.1, 0.15) is 36.1 Å². The van der Waals surface area contributed by atoms with Crippen LogP contribution in [0, 0.1) is 13.8 Å². The molecule has 6 heteroatoms. The molecule has 0 atom stereocenters. The molecule has 0 bridgehead atoms. The van der Waals surface area contributed by atoms with Crippen LogP contribution in [0.25, 0.3) is 11.4 Å². The minimum Gasteiger partial charge on any atom is -0.396 e. The van der Waals surface area contributed by atoms with Crippen LogP contribution in [0.4, 0.5) is 0 Å². The lowest BCUT2D eigenvalue weighted by Gasteiger charge is -2.07. The van der Waals surface area contributed by atoms with Crippen molar-refractivity contribution in [1.82, 2.24) is 15.0 Å². The Bertz CT molecular complexity index is 1000. The van der Waals surface area contributed by atoms with Crippen LogP contribution in [0.15, 0.2) is 58.6 Å². The fourth-order valence-corrected chi connectivity index (χ4v) is 3.42. The van der Waals surface area contributed by atoms with Crippen molar-refractivity contribution in [2.75, 3.05) is 12.9 Å². The first-order chi connectivity index (χ1) is 14.0. The second-order valence-corrected chi connectivity index (χ2v) is 7.71. The molecule has 0 aliphatic carbocycles. The molecule has 0 spiro atoms. The summed E-state index contributed by atoms with van der Waals surface area (Å²) in [7, 11) is 0. The molecule has 0 aromatic carbocycles. The number of thioether (sulfide) groups is 1. The molecule has 0 saturated carbocycles. The molecule has 3 aromatic rings. The van der Waals surface area contributed by atoms with E-state index in [2.05, 4.69) is 33.5 Å². The maximum atomic E-state index is 5.48. The van der Waals surface area contributed by atoms with E-state index < -0.39 is 0 Å². The summed E-state index contributed by atoms with van der Waals surface area (Å²) in [6.45, 7) is 6.42. The van der Waals surface area contributed by atoms with Crippen LogP contribution >= 0.6 is 11.8 Å². The number of rotatable bonds is 8. The molecule has 29 heavy (non-hydrogen) atoms. The monoisotopic (exact) mass is 406 g/mol. The van der Waals surface area contributed by atoms with E-state index in [1.807, 2.05) is 57.2 Å². The third kappa shape index (κ3) is 6.12. The summed E-state index contributed by atoms with van der Waals surface area (Å²) in [5.74, 6) is 0. The van der Waals surface area contributed by atoms with Crippen molar-refractivity contribution in [2.45, 2.75) is 38.5 Å². The van der Waals surface area contributed by atoms with Gasteiger partial charge in [-0.15, -0.1) is 11.8 Å². The number of hydrogen-bond acceptors (Lipinski definition) is 6. The maximum absolute atomic E-state index is 5.48. The van der Waals surface area contributed by atoms with Crippen LogP contribution in [0.3, 0.4) is 0 Å². The molecule has 0 saturated heterocycles. The maximum Gasteiger partial charge on any atom is 0.117 e. The number of aromatic nitrogens is 3. The number of pyridine rings is 3. The largest absolute Gasteiger partial charge is 0.396 e. The van der Waals surface area contributed by atoms with Crippen molar-refractivity contribution in [2.24, 2.45) is 5.16 Å². The zero-order valence-corrected chi connectivity index (χ0v) is 18.2. The molecule has 0 radical (unpaired) electrons. The van der Waals surface area contributed by atoms with Gasteiger partial charge in [-0.05, 0) is 76.3 Å². The van der Waals surface area contributed by atoms with E-state index in [1.165, 1.54) is 4.90 Å². The average molecular weight is 407 g/mol. The van der Waals surface area contributed by atoms with Crippen LogP contribution < -0.4 is 0 Å². The van der Waals surface area contributed by atoms with Gasteiger partial charge >= 0.3 is 0 Å². The first-order valence-corrected chi connectivity index (χ1v) is 10.9. The third-order valence-electron chi connectivity index (χ3n) is 4.36. The molecule has 0 N–H and O–H groups in total. The molecular weight excluding hydrogens is 380 g/mol. The Morgan fingerprint density at radius 1 is 0.966 bits per heavy atom. The minimum atomic E-state index is 0.536. The zero-order chi connectivity index (χ0) is 20.6. The molecule has 0 fully saturated rings. The van der Waals surface area contributed by atoms with Crippen molar-refractivity contribution in [1.29, 1.82) is 0 Å². The summed E-state index contributed by atoms with van der Waals surface area (Å²) < 4.78 is 0. The summed E-state index contributed by atoms with van der Waals surface area (Å²) in [6, 6.07) is 16.1. The Labute approximate surface area is 176 Å². The number of aryl methyl sites for hydroxylation is 3. The van der Waals surface area contributed by atoms with E-state index in [1.54, 1.807) is 11.8 Å². The molecule has 0 aliphatic rings. The van der Waals surface area contributed by atoms with Crippen LogP contribution in [-0.4, -0.2) is 33.5 Å². The quantitative estimate of drug-likeness (QED) is 0.221. The van der Waals surface area contributed by atoms with Crippen LogP contribution in [0.2, 0.25) is 0 Å². The molecule has 3 rings (SSSR count). The molecule has 5 nitrogen and oxygen atoms in total. The molecule has 3 aromatic heterocycles. The molecular formula is C23H26N4OS. The third-order valence-corrected chi connectivity index (χ3v) is 5.07. The van der Waals surface area contributed by atoms with Gasteiger partial charge in [0.1, 0.15) is 12.3 Å². The highest BCUT2D eigenvalue weighted by Crippen LogP contribution is 2.23. The van der Waals surface area contributed by atoms with Gasteiger partial charge in [0.15, 0.2) is 0 Å². The minimum absolute atomic E-state index is 0.536. The van der Waals surface area contributed by atoms with Gasteiger partial charge in [-0.3, -0.25) is 15.0 Å². The van der Waals surface area contributed by atoms with Crippen molar-refractivity contribution in [3.05, 3.63) is 71.3 Å². The normalized spacial score (nSPS) is 11.5. The molecule has 3 heterocycles. The van der Waals surface area contributed by atoms with Crippen LogP contribution in [-0.2, 0) is 11.3 Å². The first-order valence-electron chi connectivity index (χ1n) is 9.65. The Balaban J connectivity index is 1.56. The van der Waals surface area contributed by atoms with Gasteiger partial charge in [0.2, 0.25) is 0 Å². The second kappa shape index (κ2) is 10.2. The summed E-state index contributed by atoms with van der Waals surface area (Å²) in [4.78, 5) is 20.5. The predicted molar refractivity (Wildman–Crippen MR) is 119 cm³/mol. The fourth-order valence-electron chi connectivity index (χ4n) is 2.90. The van der Waals surface area contributed by atoms with Crippen molar-refractivity contribution in [3.8, 4) is 11.4 Å². The van der Waals surface area contributed by atoms with E-state index in [0.717, 1.165) is 52.7 Å². The van der Waals surface area contributed by atoms with Crippen molar-refractivity contribution < 1.29 is 4.84 Å². The average Bonchev–Trinajstić information content (AvgIpc) is 2.73. The van der Waals surface area contributed by atoms with E-state index >= 15 is 0 Å². The summed E-state index contributed by atoms with van der Waals surface area (Å²) in [6.07, 6.45) is 3.74. The lowest BCUT2D eigenvalue weighted by molar-refractivity contribution is 0.141. The number of nitrogens with zero attached hydrogens (tertiary/aromatic N) is 4. The zero-order valence-electron chi connectivity index (χ0n) is 17.3. The number of hydrogen-bond donors (Lipinski definition) is 0. The molecule has 0 aliphatic heterocycles. The fraction of sp³-hybridized carbons (Fsp3) is 0.304. The Morgan fingerprint density at radius 2 is 1.79 bits per heavy atom. The van der Waals surface area contributed by atoms with Gasteiger partial charge in [-0.1, -0.05) is 17.3 Å².